The van der Waals surface area contributed by atoms with Crippen LogP contribution in [-0.2, 0) is 6.54 Å². The second-order valence-corrected chi connectivity index (χ2v) is 4.69. The Balaban J connectivity index is 2.36. The van der Waals surface area contributed by atoms with E-state index in [1.165, 1.54) is 0 Å². The van der Waals surface area contributed by atoms with Gasteiger partial charge >= 0.3 is 0 Å². The predicted octanol–water partition coefficient (Wildman–Crippen LogP) is 2.23. The molecule has 0 bridgehead atoms. The van der Waals surface area contributed by atoms with Crippen molar-refractivity contribution in [1.82, 2.24) is 4.90 Å². The molecule has 2 N–H and O–H groups in total. The normalized spacial score (nSPS) is 12.3. The molecule has 1 rings (SSSR count). The van der Waals surface area contributed by atoms with Crippen LogP contribution in [0.15, 0.2) is 22.8 Å². The molecule has 1 aromatic rings. The summed E-state index contributed by atoms with van der Waals surface area (Å²) in [6, 6.07) is 3.94. The number of rotatable bonds is 6. The second kappa shape index (κ2) is 5.33. The molecule has 0 aromatic carbocycles. The largest absolute Gasteiger partial charge is 0.468 e. The molecule has 3 heteroatoms. The van der Waals surface area contributed by atoms with E-state index in [4.69, 9.17) is 10.2 Å². The minimum Gasteiger partial charge on any atom is -0.468 e. The van der Waals surface area contributed by atoms with Gasteiger partial charge in [0.25, 0.3) is 0 Å². The van der Waals surface area contributed by atoms with E-state index in [9.17, 15) is 0 Å². The highest BCUT2D eigenvalue weighted by Gasteiger charge is 2.13. The molecule has 0 aliphatic heterocycles. The van der Waals surface area contributed by atoms with E-state index in [0.717, 1.165) is 31.8 Å². The topological polar surface area (TPSA) is 42.4 Å². The first-order chi connectivity index (χ1) is 7.01. The molecule has 86 valence electrons. The van der Waals surface area contributed by atoms with Gasteiger partial charge in [0.2, 0.25) is 0 Å². The summed E-state index contributed by atoms with van der Waals surface area (Å²) in [5.74, 6) is 1.02. The number of nitrogens with two attached hydrogens (primary N) is 1. The highest BCUT2D eigenvalue weighted by molar-refractivity contribution is 4.97. The van der Waals surface area contributed by atoms with Gasteiger partial charge in [0.1, 0.15) is 5.76 Å². The number of furan rings is 1. The lowest BCUT2D eigenvalue weighted by Crippen LogP contribution is -2.37. The molecule has 0 fully saturated rings. The van der Waals surface area contributed by atoms with Crippen LogP contribution in [0.4, 0.5) is 0 Å². The van der Waals surface area contributed by atoms with Crippen molar-refractivity contribution in [3.63, 3.8) is 0 Å². The molecule has 0 spiro atoms. The SMILES string of the molecule is CCN(CCC(C)(C)N)Cc1ccco1. The van der Waals surface area contributed by atoms with Gasteiger partial charge in [-0.15, -0.1) is 0 Å². The van der Waals surface area contributed by atoms with Crippen LogP contribution in [0.5, 0.6) is 0 Å². The molecule has 0 atom stereocenters. The van der Waals surface area contributed by atoms with Crippen molar-refractivity contribution in [2.75, 3.05) is 13.1 Å². The molecule has 0 saturated carbocycles. The molecular formula is C12H22N2O. The van der Waals surface area contributed by atoms with Crippen LogP contribution < -0.4 is 5.73 Å². The summed E-state index contributed by atoms with van der Waals surface area (Å²) in [4.78, 5) is 2.34. The summed E-state index contributed by atoms with van der Waals surface area (Å²) in [6.07, 6.45) is 2.72. The van der Waals surface area contributed by atoms with Gasteiger partial charge in [0.15, 0.2) is 0 Å². The molecule has 0 radical (unpaired) electrons. The van der Waals surface area contributed by atoms with E-state index in [-0.39, 0.29) is 5.54 Å². The summed E-state index contributed by atoms with van der Waals surface area (Å²) in [5, 5.41) is 0. The molecule has 3 nitrogen and oxygen atoms in total. The highest BCUT2D eigenvalue weighted by Crippen LogP contribution is 2.09. The Morgan fingerprint density at radius 3 is 2.67 bits per heavy atom. The summed E-state index contributed by atoms with van der Waals surface area (Å²) in [7, 11) is 0. The standard InChI is InChI=1S/C12H22N2O/c1-4-14(8-7-12(2,3)13)10-11-6-5-9-15-11/h5-6,9H,4,7-8,10,13H2,1-3H3. The van der Waals surface area contributed by atoms with E-state index in [2.05, 4.69) is 25.7 Å². The van der Waals surface area contributed by atoms with Crippen molar-refractivity contribution in [2.24, 2.45) is 5.73 Å². The molecule has 1 heterocycles. The van der Waals surface area contributed by atoms with Gasteiger partial charge in [-0.2, -0.15) is 0 Å². The van der Waals surface area contributed by atoms with Crippen LogP contribution in [0.1, 0.15) is 33.0 Å². The zero-order valence-electron chi connectivity index (χ0n) is 9.99. The van der Waals surface area contributed by atoms with Crippen LogP contribution >= 0.6 is 0 Å². The van der Waals surface area contributed by atoms with Crippen molar-refractivity contribution in [1.29, 1.82) is 0 Å². The van der Waals surface area contributed by atoms with Gasteiger partial charge < -0.3 is 10.2 Å². The van der Waals surface area contributed by atoms with Crippen LogP contribution in [-0.4, -0.2) is 23.5 Å². The van der Waals surface area contributed by atoms with E-state index >= 15 is 0 Å². The van der Waals surface area contributed by atoms with Crippen molar-refractivity contribution < 1.29 is 4.42 Å². The lowest BCUT2D eigenvalue weighted by atomic mass is 10.0. The molecule has 0 aliphatic carbocycles. The Kier molecular flexibility index (Phi) is 4.36. The zero-order valence-corrected chi connectivity index (χ0v) is 9.99. The monoisotopic (exact) mass is 210 g/mol. The lowest BCUT2D eigenvalue weighted by Gasteiger charge is -2.24. The van der Waals surface area contributed by atoms with Gasteiger partial charge in [0, 0.05) is 12.1 Å². The molecule has 0 aliphatic rings. The van der Waals surface area contributed by atoms with Crippen molar-refractivity contribution in [3.05, 3.63) is 24.2 Å². The third kappa shape index (κ3) is 5.00. The third-order valence-corrected chi connectivity index (χ3v) is 2.48. The van der Waals surface area contributed by atoms with Crippen molar-refractivity contribution in [3.8, 4) is 0 Å². The van der Waals surface area contributed by atoms with E-state index in [1.807, 2.05) is 12.1 Å². The number of hydrogen-bond acceptors (Lipinski definition) is 3. The average molecular weight is 210 g/mol. The van der Waals surface area contributed by atoms with E-state index < -0.39 is 0 Å². The quantitative estimate of drug-likeness (QED) is 0.783. The van der Waals surface area contributed by atoms with Crippen LogP contribution in [0.3, 0.4) is 0 Å². The van der Waals surface area contributed by atoms with Gasteiger partial charge in [0.05, 0.1) is 12.8 Å². The number of hydrogen-bond donors (Lipinski definition) is 1. The Bertz CT molecular complexity index is 262. The average Bonchev–Trinajstić information content (AvgIpc) is 2.63. The Hall–Kier alpha value is -0.800. The molecule has 0 saturated heterocycles. The third-order valence-electron chi connectivity index (χ3n) is 2.48. The first kappa shape index (κ1) is 12.3. The molecule has 0 amide bonds. The maximum absolute atomic E-state index is 5.96. The first-order valence-corrected chi connectivity index (χ1v) is 5.55. The minimum atomic E-state index is -0.0867. The maximum atomic E-state index is 5.96. The molecular weight excluding hydrogens is 188 g/mol. The van der Waals surface area contributed by atoms with E-state index in [1.54, 1.807) is 6.26 Å². The summed E-state index contributed by atoms with van der Waals surface area (Å²) in [6.45, 7) is 9.20. The van der Waals surface area contributed by atoms with E-state index in [0.29, 0.717) is 0 Å². The van der Waals surface area contributed by atoms with Gasteiger partial charge in [-0.3, -0.25) is 4.90 Å². The zero-order chi connectivity index (χ0) is 11.3. The Morgan fingerprint density at radius 2 is 2.20 bits per heavy atom. The molecule has 1 aromatic heterocycles. The van der Waals surface area contributed by atoms with Gasteiger partial charge in [-0.25, -0.2) is 0 Å². The predicted molar refractivity (Wildman–Crippen MR) is 62.5 cm³/mol. The lowest BCUT2D eigenvalue weighted by molar-refractivity contribution is 0.234. The fourth-order valence-corrected chi connectivity index (χ4v) is 1.42. The van der Waals surface area contributed by atoms with Crippen LogP contribution in [0, 0.1) is 0 Å². The van der Waals surface area contributed by atoms with Gasteiger partial charge in [-0.1, -0.05) is 6.92 Å². The Morgan fingerprint density at radius 1 is 1.47 bits per heavy atom. The highest BCUT2D eigenvalue weighted by atomic mass is 16.3. The summed E-state index contributed by atoms with van der Waals surface area (Å²) >= 11 is 0. The fraction of sp³-hybridized carbons (Fsp3) is 0.667. The van der Waals surface area contributed by atoms with Crippen molar-refractivity contribution in [2.45, 2.75) is 39.3 Å². The van der Waals surface area contributed by atoms with Crippen LogP contribution in [0.2, 0.25) is 0 Å². The molecule has 0 unspecified atom stereocenters. The number of nitrogens with zero attached hydrogens (tertiary/aromatic N) is 1. The molecule has 15 heavy (non-hydrogen) atoms. The summed E-state index contributed by atoms with van der Waals surface area (Å²) < 4.78 is 5.32. The first-order valence-electron chi connectivity index (χ1n) is 5.55. The van der Waals surface area contributed by atoms with Crippen molar-refractivity contribution >= 4 is 0 Å². The smallest absolute Gasteiger partial charge is 0.117 e. The van der Waals surface area contributed by atoms with Gasteiger partial charge in [-0.05, 0) is 38.9 Å². The Labute approximate surface area is 92.2 Å². The maximum Gasteiger partial charge on any atom is 0.117 e. The fourth-order valence-electron chi connectivity index (χ4n) is 1.42. The summed E-state index contributed by atoms with van der Waals surface area (Å²) in [5.41, 5.74) is 5.88. The van der Waals surface area contributed by atoms with Crippen LogP contribution in [0.25, 0.3) is 0 Å². The minimum absolute atomic E-state index is 0.0867. The second-order valence-electron chi connectivity index (χ2n) is 4.69.